The van der Waals surface area contributed by atoms with E-state index in [2.05, 4.69) is 50.0 Å². The van der Waals surface area contributed by atoms with Crippen LogP contribution in [0.2, 0.25) is 0 Å². The van der Waals surface area contributed by atoms with Crippen LogP contribution in [0.25, 0.3) is 0 Å². The molecule has 17 heavy (non-hydrogen) atoms. The van der Waals surface area contributed by atoms with E-state index < -0.39 is 0 Å². The molecule has 0 fully saturated rings. The molecule has 0 amide bonds. The molecule has 0 spiro atoms. The van der Waals surface area contributed by atoms with Gasteiger partial charge in [0.05, 0.1) is 5.69 Å². The Labute approximate surface area is 107 Å². The van der Waals surface area contributed by atoms with Gasteiger partial charge in [-0.3, -0.25) is 0 Å². The Kier molecular flexibility index (Phi) is 3.60. The highest BCUT2D eigenvalue weighted by Gasteiger charge is 2.17. The maximum atomic E-state index is 5.90. The molecular formula is C14H18N2S. The first-order valence-corrected chi connectivity index (χ1v) is 6.64. The van der Waals surface area contributed by atoms with Gasteiger partial charge in [0.1, 0.15) is 5.01 Å². The van der Waals surface area contributed by atoms with Gasteiger partial charge in [0.2, 0.25) is 0 Å². The van der Waals surface area contributed by atoms with E-state index >= 15 is 0 Å². The summed E-state index contributed by atoms with van der Waals surface area (Å²) < 4.78 is 0. The number of aryl methyl sites for hydroxylation is 3. The van der Waals surface area contributed by atoms with Crippen molar-refractivity contribution in [3.05, 3.63) is 51.0 Å². The molecule has 2 nitrogen and oxygen atoms in total. The predicted molar refractivity (Wildman–Crippen MR) is 73.7 cm³/mol. The molecule has 0 bridgehead atoms. The molecule has 1 atom stereocenters. The topological polar surface area (TPSA) is 38.9 Å². The van der Waals surface area contributed by atoms with Crippen molar-refractivity contribution in [1.82, 2.24) is 4.98 Å². The van der Waals surface area contributed by atoms with Crippen LogP contribution in [-0.2, 0) is 0 Å². The molecular weight excluding hydrogens is 228 g/mol. The van der Waals surface area contributed by atoms with E-state index in [-0.39, 0.29) is 5.92 Å². The maximum absolute atomic E-state index is 5.90. The summed E-state index contributed by atoms with van der Waals surface area (Å²) in [5.74, 6) is 0.230. The highest BCUT2D eigenvalue weighted by molar-refractivity contribution is 7.11. The van der Waals surface area contributed by atoms with E-state index in [1.165, 1.54) is 16.0 Å². The van der Waals surface area contributed by atoms with Gasteiger partial charge in [0.25, 0.3) is 0 Å². The molecule has 0 radical (unpaired) electrons. The van der Waals surface area contributed by atoms with Crippen molar-refractivity contribution in [3.8, 4) is 0 Å². The number of hydrogen-bond donors (Lipinski definition) is 1. The lowest BCUT2D eigenvalue weighted by Gasteiger charge is -2.12. The van der Waals surface area contributed by atoms with Crippen LogP contribution in [0.1, 0.15) is 32.6 Å². The Balaban J connectivity index is 2.36. The summed E-state index contributed by atoms with van der Waals surface area (Å²) in [4.78, 5) is 5.90. The van der Waals surface area contributed by atoms with E-state index in [1.54, 1.807) is 11.3 Å². The third-order valence-corrected chi connectivity index (χ3v) is 4.25. The first-order chi connectivity index (χ1) is 8.11. The second-order valence-corrected chi connectivity index (χ2v) is 5.63. The largest absolute Gasteiger partial charge is 0.329 e. The molecule has 2 N–H and O–H groups in total. The van der Waals surface area contributed by atoms with Crippen molar-refractivity contribution in [2.75, 3.05) is 6.54 Å². The third kappa shape index (κ3) is 2.56. The van der Waals surface area contributed by atoms with Gasteiger partial charge in [-0.1, -0.05) is 29.8 Å². The standard InChI is InChI=1S/C14H18N2S/c1-9-4-6-12(7-5-9)13(8-15)14-16-10(2)11(3)17-14/h4-7,13H,8,15H2,1-3H3. The Morgan fingerprint density at radius 3 is 2.29 bits per heavy atom. The average Bonchev–Trinajstić information content (AvgIpc) is 2.63. The molecule has 0 saturated carbocycles. The summed E-state index contributed by atoms with van der Waals surface area (Å²) >= 11 is 1.75. The molecule has 3 heteroatoms. The van der Waals surface area contributed by atoms with Gasteiger partial charge in [-0.25, -0.2) is 4.98 Å². The highest BCUT2D eigenvalue weighted by Crippen LogP contribution is 2.29. The van der Waals surface area contributed by atoms with Gasteiger partial charge in [0.15, 0.2) is 0 Å². The lowest BCUT2D eigenvalue weighted by molar-refractivity contribution is 0.805. The molecule has 2 aromatic rings. The smallest absolute Gasteiger partial charge is 0.102 e. The summed E-state index contributed by atoms with van der Waals surface area (Å²) in [6, 6.07) is 8.56. The van der Waals surface area contributed by atoms with E-state index in [1.807, 2.05) is 0 Å². The number of aromatic nitrogens is 1. The second-order valence-electron chi connectivity index (χ2n) is 4.39. The first kappa shape index (κ1) is 12.3. The average molecular weight is 246 g/mol. The minimum Gasteiger partial charge on any atom is -0.329 e. The van der Waals surface area contributed by atoms with Crippen LogP contribution in [0.3, 0.4) is 0 Å². The first-order valence-electron chi connectivity index (χ1n) is 5.82. The van der Waals surface area contributed by atoms with E-state index in [0.29, 0.717) is 6.54 Å². The molecule has 1 aromatic carbocycles. The number of thiazole rings is 1. The second kappa shape index (κ2) is 4.98. The maximum Gasteiger partial charge on any atom is 0.102 e. The summed E-state index contributed by atoms with van der Waals surface area (Å²) in [7, 11) is 0. The van der Waals surface area contributed by atoms with Crippen molar-refractivity contribution in [2.45, 2.75) is 26.7 Å². The van der Waals surface area contributed by atoms with Crippen LogP contribution in [0.15, 0.2) is 24.3 Å². The lowest BCUT2D eigenvalue weighted by atomic mass is 9.99. The van der Waals surface area contributed by atoms with Gasteiger partial charge in [-0.2, -0.15) is 0 Å². The molecule has 0 saturated heterocycles. The molecule has 0 aliphatic rings. The highest BCUT2D eigenvalue weighted by atomic mass is 32.1. The zero-order valence-corrected chi connectivity index (χ0v) is 11.3. The minimum atomic E-state index is 0.230. The van der Waals surface area contributed by atoms with Crippen molar-refractivity contribution in [3.63, 3.8) is 0 Å². The Hall–Kier alpha value is -1.19. The summed E-state index contributed by atoms with van der Waals surface area (Å²) in [6.45, 7) is 6.87. The van der Waals surface area contributed by atoms with Gasteiger partial charge >= 0.3 is 0 Å². The van der Waals surface area contributed by atoms with E-state index in [4.69, 9.17) is 5.73 Å². The van der Waals surface area contributed by atoms with Crippen molar-refractivity contribution in [1.29, 1.82) is 0 Å². The Morgan fingerprint density at radius 2 is 1.82 bits per heavy atom. The quantitative estimate of drug-likeness (QED) is 0.903. The molecule has 0 aliphatic heterocycles. The van der Waals surface area contributed by atoms with Crippen LogP contribution in [0.4, 0.5) is 0 Å². The Bertz CT molecular complexity index is 480. The molecule has 90 valence electrons. The number of hydrogen-bond acceptors (Lipinski definition) is 3. The van der Waals surface area contributed by atoms with Gasteiger partial charge in [-0.15, -0.1) is 11.3 Å². The van der Waals surface area contributed by atoms with E-state index in [0.717, 1.165) is 10.7 Å². The molecule has 1 unspecified atom stereocenters. The normalized spacial score (nSPS) is 12.7. The Morgan fingerprint density at radius 1 is 1.18 bits per heavy atom. The SMILES string of the molecule is Cc1ccc(C(CN)c2nc(C)c(C)s2)cc1. The fourth-order valence-electron chi connectivity index (χ4n) is 1.82. The van der Waals surface area contributed by atoms with Gasteiger partial charge in [0, 0.05) is 17.3 Å². The summed E-state index contributed by atoms with van der Waals surface area (Å²) in [6.07, 6.45) is 0. The molecule has 1 heterocycles. The number of rotatable bonds is 3. The monoisotopic (exact) mass is 246 g/mol. The number of benzene rings is 1. The van der Waals surface area contributed by atoms with Crippen molar-refractivity contribution >= 4 is 11.3 Å². The minimum absolute atomic E-state index is 0.230. The lowest BCUT2D eigenvalue weighted by Crippen LogP contribution is -2.13. The fraction of sp³-hybridized carbons (Fsp3) is 0.357. The van der Waals surface area contributed by atoms with Gasteiger partial charge < -0.3 is 5.73 Å². The van der Waals surface area contributed by atoms with Crippen LogP contribution >= 0.6 is 11.3 Å². The van der Waals surface area contributed by atoms with Crippen LogP contribution in [0, 0.1) is 20.8 Å². The zero-order valence-electron chi connectivity index (χ0n) is 10.5. The summed E-state index contributed by atoms with van der Waals surface area (Å²) in [5, 5.41) is 1.13. The van der Waals surface area contributed by atoms with E-state index in [9.17, 15) is 0 Å². The van der Waals surface area contributed by atoms with Crippen LogP contribution in [-0.4, -0.2) is 11.5 Å². The zero-order chi connectivity index (χ0) is 12.4. The van der Waals surface area contributed by atoms with Crippen LogP contribution < -0.4 is 5.73 Å². The van der Waals surface area contributed by atoms with Crippen molar-refractivity contribution < 1.29 is 0 Å². The fourth-order valence-corrected chi connectivity index (χ4v) is 2.89. The number of nitrogens with two attached hydrogens (primary N) is 1. The summed E-state index contributed by atoms with van der Waals surface area (Å²) in [5.41, 5.74) is 9.55. The van der Waals surface area contributed by atoms with Gasteiger partial charge in [-0.05, 0) is 26.3 Å². The van der Waals surface area contributed by atoms with Crippen LogP contribution in [0.5, 0.6) is 0 Å². The third-order valence-electron chi connectivity index (χ3n) is 3.06. The van der Waals surface area contributed by atoms with Crippen molar-refractivity contribution in [2.24, 2.45) is 5.73 Å². The predicted octanol–water partition coefficient (Wildman–Crippen LogP) is 3.16. The molecule has 1 aromatic heterocycles. The molecule has 0 aliphatic carbocycles. The number of nitrogens with zero attached hydrogens (tertiary/aromatic N) is 1. The molecule has 2 rings (SSSR count).